The van der Waals surface area contributed by atoms with Gasteiger partial charge in [0.05, 0.1) is 13.7 Å². The normalized spacial score (nSPS) is 10.2. The minimum atomic E-state index is -0.433. The van der Waals surface area contributed by atoms with Gasteiger partial charge in [0.25, 0.3) is 5.91 Å². The summed E-state index contributed by atoms with van der Waals surface area (Å²) in [6, 6.07) is 4.93. The molecule has 112 valence electrons. The smallest absolute Gasteiger partial charge is 0.295 e. The van der Waals surface area contributed by atoms with E-state index < -0.39 is 5.91 Å². The first-order valence-electron chi connectivity index (χ1n) is 6.26. The molecule has 1 amide bonds. The van der Waals surface area contributed by atoms with Crippen LogP contribution < -0.4 is 14.8 Å². The molecule has 1 aromatic heterocycles. The van der Waals surface area contributed by atoms with Crippen LogP contribution in [0.5, 0.6) is 11.5 Å². The topological polar surface area (TPSA) is 109 Å². The fraction of sp³-hybridized carbons (Fsp3) is 0.308. The van der Waals surface area contributed by atoms with Gasteiger partial charge in [0.2, 0.25) is 5.82 Å². The van der Waals surface area contributed by atoms with E-state index in [1.54, 1.807) is 25.1 Å². The maximum absolute atomic E-state index is 11.9. The molecule has 0 fully saturated rings. The highest BCUT2D eigenvalue weighted by Gasteiger charge is 2.13. The van der Waals surface area contributed by atoms with Gasteiger partial charge in [-0.05, 0) is 19.1 Å². The van der Waals surface area contributed by atoms with E-state index >= 15 is 0 Å². The summed E-state index contributed by atoms with van der Waals surface area (Å²) in [7, 11) is 1.51. The second-order valence-electron chi connectivity index (χ2n) is 4.14. The fourth-order valence-corrected chi connectivity index (χ4v) is 1.65. The van der Waals surface area contributed by atoms with Crippen LogP contribution in [0.25, 0.3) is 0 Å². The number of benzene rings is 1. The Morgan fingerprint density at radius 1 is 1.43 bits per heavy atom. The van der Waals surface area contributed by atoms with Gasteiger partial charge in [-0.3, -0.25) is 9.89 Å². The van der Waals surface area contributed by atoms with Gasteiger partial charge in [-0.1, -0.05) is 0 Å². The van der Waals surface area contributed by atoms with Crippen molar-refractivity contribution in [3.63, 3.8) is 0 Å². The Balaban J connectivity index is 2.14. The highest BCUT2D eigenvalue weighted by atomic mass is 16.5. The number of anilines is 1. The molecule has 0 aliphatic rings. The molecule has 0 unspecified atom stereocenters. The second-order valence-corrected chi connectivity index (χ2v) is 4.14. The van der Waals surface area contributed by atoms with Crippen molar-refractivity contribution in [2.24, 2.45) is 0 Å². The number of ether oxygens (including phenoxy) is 2. The third-order valence-electron chi connectivity index (χ3n) is 2.57. The number of nitrogens with zero attached hydrogens (tertiary/aromatic N) is 2. The van der Waals surface area contributed by atoms with Crippen molar-refractivity contribution in [2.75, 3.05) is 25.6 Å². The Hall–Kier alpha value is -2.61. The number of aromatic nitrogens is 3. The van der Waals surface area contributed by atoms with Crippen LogP contribution in [0, 0.1) is 6.92 Å². The number of carbonyl (C=O) groups excluding carboxylic acids is 1. The molecule has 3 N–H and O–H groups in total. The number of aliphatic hydroxyl groups is 1. The number of amides is 1. The van der Waals surface area contributed by atoms with Crippen LogP contribution in [-0.2, 0) is 0 Å². The molecule has 1 aromatic carbocycles. The van der Waals surface area contributed by atoms with Crippen molar-refractivity contribution in [3.05, 3.63) is 29.8 Å². The third-order valence-corrected chi connectivity index (χ3v) is 2.57. The minimum absolute atomic E-state index is 0.0566. The third kappa shape index (κ3) is 3.69. The zero-order valence-corrected chi connectivity index (χ0v) is 11.7. The Morgan fingerprint density at radius 3 is 2.86 bits per heavy atom. The van der Waals surface area contributed by atoms with Crippen molar-refractivity contribution in [3.8, 4) is 11.5 Å². The molecule has 0 aliphatic heterocycles. The van der Waals surface area contributed by atoms with Gasteiger partial charge in [-0.2, -0.15) is 0 Å². The molecule has 0 aliphatic carbocycles. The summed E-state index contributed by atoms with van der Waals surface area (Å²) in [5.74, 6) is 1.12. The molecule has 2 aromatic rings. The molecule has 2 rings (SSSR count). The van der Waals surface area contributed by atoms with Gasteiger partial charge in [0, 0.05) is 11.8 Å². The maximum atomic E-state index is 11.9. The van der Waals surface area contributed by atoms with E-state index in [-0.39, 0.29) is 19.0 Å². The molecule has 1 heterocycles. The van der Waals surface area contributed by atoms with Crippen molar-refractivity contribution in [1.82, 2.24) is 15.2 Å². The number of H-pyrrole nitrogens is 1. The van der Waals surface area contributed by atoms with Crippen LogP contribution in [0.4, 0.5) is 5.69 Å². The largest absolute Gasteiger partial charge is 0.493 e. The van der Waals surface area contributed by atoms with E-state index in [0.29, 0.717) is 23.0 Å². The maximum Gasteiger partial charge on any atom is 0.295 e. The molecule has 0 spiro atoms. The van der Waals surface area contributed by atoms with Crippen LogP contribution >= 0.6 is 0 Å². The molecule has 0 radical (unpaired) electrons. The average molecular weight is 292 g/mol. The van der Waals surface area contributed by atoms with Crippen molar-refractivity contribution in [1.29, 1.82) is 0 Å². The molecule has 0 atom stereocenters. The van der Waals surface area contributed by atoms with Crippen molar-refractivity contribution < 1.29 is 19.4 Å². The summed E-state index contributed by atoms with van der Waals surface area (Å²) >= 11 is 0. The predicted octanol–water partition coefficient (Wildman–Crippen LogP) is 0.745. The monoisotopic (exact) mass is 292 g/mol. The van der Waals surface area contributed by atoms with Crippen LogP contribution in [0.2, 0.25) is 0 Å². The number of rotatable bonds is 6. The average Bonchev–Trinajstić information content (AvgIpc) is 2.92. The SMILES string of the molecule is COc1ccc(NC(=O)c2n[nH]c(C)n2)cc1OCCO. The molecular weight excluding hydrogens is 276 g/mol. The van der Waals surface area contributed by atoms with E-state index in [0.717, 1.165) is 0 Å². The van der Waals surface area contributed by atoms with Crippen LogP contribution in [0.3, 0.4) is 0 Å². The van der Waals surface area contributed by atoms with Gasteiger partial charge in [0.1, 0.15) is 12.4 Å². The van der Waals surface area contributed by atoms with Crippen molar-refractivity contribution in [2.45, 2.75) is 6.92 Å². The van der Waals surface area contributed by atoms with E-state index in [1.165, 1.54) is 7.11 Å². The number of carbonyl (C=O) groups is 1. The first kappa shape index (κ1) is 14.8. The quantitative estimate of drug-likeness (QED) is 0.724. The summed E-state index contributed by atoms with van der Waals surface area (Å²) in [5, 5.41) is 17.8. The summed E-state index contributed by atoms with van der Waals surface area (Å²) in [6.07, 6.45) is 0. The lowest BCUT2D eigenvalue weighted by Gasteiger charge is -2.11. The summed E-state index contributed by atoms with van der Waals surface area (Å²) in [6.45, 7) is 1.72. The first-order valence-corrected chi connectivity index (χ1v) is 6.26. The minimum Gasteiger partial charge on any atom is -0.493 e. The summed E-state index contributed by atoms with van der Waals surface area (Å²) in [4.78, 5) is 15.9. The summed E-state index contributed by atoms with van der Waals surface area (Å²) < 4.78 is 10.5. The van der Waals surface area contributed by atoms with E-state index in [2.05, 4.69) is 20.5 Å². The van der Waals surface area contributed by atoms with Gasteiger partial charge < -0.3 is 19.9 Å². The van der Waals surface area contributed by atoms with E-state index in [4.69, 9.17) is 14.6 Å². The lowest BCUT2D eigenvalue weighted by Crippen LogP contribution is -2.14. The van der Waals surface area contributed by atoms with Crippen LogP contribution in [0.1, 0.15) is 16.4 Å². The second kappa shape index (κ2) is 6.71. The van der Waals surface area contributed by atoms with Gasteiger partial charge >= 0.3 is 0 Å². The predicted molar refractivity (Wildman–Crippen MR) is 74.6 cm³/mol. The van der Waals surface area contributed by atoms with Gasteiger partial charge in [-0.25, -0.2) is 4.98 Å². The molecule has 0 saturated carbocycles. The van der Waals surface area contributed by atoms with Crippen molar-refractivity contribution >= 4 is 11.6 Å². The van der Waals surface area contributed by atoms with Gasteiger partial charge in [0.15, 0.2) is 11.5 Å². The number of aliphatic hydroxyl groups excluding tert-OH is 1. The highest BCUT2D eigenvalue weighted by Crippen LogP contribution is 2.30. The number of hydrogen-bond acceptors (Lipinski definition) is 6. The number of nitrogens with one attached hydrogen (secondary N) is 2. The lowest BCUT2D eigenvalue weighted by atomic mass is 10.2. The molecule has 8 heteroatoms. The fourth-order valence-electron chi connectivity index (χ4n) is 1.65. The number of aryl methyl sites for hydroxylation is 1. The Morgan fingerprint density at radius 2 is 2.24 bits per heavy atom. The zero-order valence-electron chi connectivity index (χ0n) is 11.7. The Bertz CT molecular complexity index is 626. The van der Waals surface area contributed by atoms with Gasteiger partial charge in [-0.15, -0.1) is 5.10 Å². The molecule has 0 bridgehead atoms. The number of aromatic amines is 1. The van der Waals surface area contributed by atoms with E-state index in [1.807, 2.05) is 0 Å². The van der Waals surface area contributed by atoms with Crippen LogP contribution in [0.15, 0.2) is 18.2 Å². The Labute approximate surface area is 121 Å². The lowest BCUT2D eigenvalue weighted by molar-refractivity contribution is 0.101. The summed E-state index contributed by atoms with van der Waals surface area (Å²) in [5.41, 5.74) is 0.510. The molecule has 0 saturated heterocycles. The number of methoxy groups -OCH3 is 1. The molecular formula is C13H16N4O4. The number of hydrogen-bond donors (Lipinski definition) is 3. The zero-order chi connectivity index (χ0) is 15.2. The first-order chi connectivity index (χ1) is 10.1. The standard InChI is InChI=1S/C13H16N4O4/c1-8-14-12(17-16-8)13(19)15-9-3-4-10(20-2)11(7-9)21-6-5-18/h3-4,7,18H,5-6H2,1-2H3,(H,15,19)(H,14,16,17). The Kier molecular flexibility index (Phi) is 4.72. The molecule has 8 nitrogen and oxygen atoms in total. The van der Waals surface area contributed by atoms with Crippen LogP contribution in [-0.4, -0.2) is 46.5 Å². The highest BCUT2D eigenvalue weighted by molar-refractivity contribution is 6.01. The molecule has 21 heavy (non-hydrogen) atoms. The van der Waals surface area contributed by atoms with E-state index in [9.17, 15) is 4.79 Å².